The van der Waals surface area contributed by atoms with Gasteiger partial charge in [-0.2, -0.15) is 0 Å². The first-order chi connectivity index (χ1) is 17.3. The molecule has 3 aromatic rings. The minimum Gasteiger partial charge on any atom is -0.497 e. The maximum absolute atomic E-state index is 15.6. The molecule has 1 aliphatic rings. The van der Waals surface area contributed by atoms with Crippen LogP contribution >= 0.6 is 35.0 Å². The number of fused-ring (bicyclic) bond motifs is 1. The summed E-state index contributed by atoms with van der Waals surface area (Å²) in [4.78, 5) is 20.0. The highest BCUT2D eigenvalue weighted by Gasteiger charge is 2.41. The molecule has 0 saturated carbocycles. The van der Waals surface area contributed by atoms with Gasteiger partial charge in [-0.3, -0.25) is 9.78 Å². The molecule has 9 heteroatoms. The average molecular weight is 552 g/mol. The number of nitrogens with zero attached hydrogens (tertiary/aromatic N) is 2. The molecule has 1 N–H and O–H groups in total. The van der Waals surface area contributed by atoms with E-state index in [0.29, 0.717) is 48.1 Å². The number of alkyl halides is 1. The number of ether oxygens (including phenoxy) is 1. The molecule has 1 aliphatic heterocycles. The molecule has 0 aliphatic carbocycles. The maximum Gasteiger partial charge on any atom is 0.309 e. The first-order valence-corrected chi connectivity index (χ1v) is 13.7. The van der Waals surface area contributed by atoms with Crippen molar-refractivity contribution < 1.29 is 19.0 Å². The maximum atomic E-state index is 15.6. The molecular weight excluding hydrogens is 522 g/mol. The number of methoxy groups -OCH3 is 1. The van der Waals surface area contributed by atoms with Gasteiger partial charge >= 0.3 is 5.97 Å². The molecule has 1 aromatic heterocycles. The number of hydrogen-bond donors (Lipinski definition) is 1. The van der Waals surface area contributed by atoms with Crippen molar-refractivity contribution in [3.05, 3.63) is 64.3 Å². The number of likely N-dealkylation sites (tertiary alicyclic amines) is 1. The Balaban J connectivity index is 1.37. The second kappa shape index (κ2) is 12.0. The zero-order valence-electron chi connectivity index (χ0n) is 20.1. The van der Waals surface area contributed by atoms with E-state index >= 15 is 4.39 Å². The lowest BCUT2D eigenvalue weighted by molar-refractivity contribution is -0.153. The van der Waals surface area contributed by atoms with E-state index in [4.69, 9.17) is 27.9 Å². The van der Waals surface area contributed by atoms with Crippen molar-refractivity contribution in [1.82, 2.24) is 9.88 Å². The predicted molar refractivity (Wildman–Crippen MR) is 144 cm³/mol. The number of benzene rings is 2. The Bertz CT molecular complexity index is 1220. The van der Waals surface area contributed by atoms with Crippen LogP contribution in [0.15, 0.2) is 53.6 Å². The lowest BCUT2D eigenvalue weighted by Gasteiger charge is -2.39. The summed E-state index contributed by atoms with van der Waals surface area (Å²) in [6, 6.07) is 13.0. The van der Waals surface area contributed by atoms with Crippen LogP contribution < -0.4 is 4.74 Å². The van der Waals surface area contributed by atoms with Gasteiger partial charge in [0.2, 0.25) is 0 Å². The third-order valence-electron chi connectivity index (χ3n) is 7.00. The molecular formula is C27H29Cl2FN2O3S. The van der Waals surface area contributed by atoms with Gasteiger partial charge in [0, 0.05) is 39.4 Å². The van der Waals surface area contributed by atoms with E-state index in [1.807, 2.05) is 24.3 Å². The number of rotatable bonds is 10. The quantitative estimate of drug-likeness (QED) is 0.267. The van der Waals surface area contributed by atoms with Gasteiger partial charge in [0.25, 0.3) is 0 Å². The molecule has 36 heavy (non-hydrogen) atoms. The molecule has 4 rings (SSSR count). The largest absolute Gasteiger partial charge is 0.497 e. The summed E-state index contributed by atoms with van der Waals surface area (Å²) < 4.78 is 20.9. The van der Waals surface area contributed by atoms with Gasteiger partial charge < -0.3 is 14.7 Å². The van der Waals surface area contributed by atoms with Crippen LogP contribution in [0.4, 0.5) is 4.39 Å². The second-order valence-electron chi connectivity index (χ2n) is 9.14. The van der Waals surface area contributed by atoms with Gasteiger partial charge in [-0.25, -0.2) is 4.39 Å². The van der Waals surface area contributed by atoms with Crippen LogP contribution in [0.2, 0.25) is 10.0 Å². The Kier molecular flexibility index (Phi) is 8.99. The van der Waals surface area contributed by atoms with E-state index < -0.39 is 17.6 Å². The monoisotopic (exact) mass is 550 g/mol. The Morgan fingerprint density at radius 3 is 2.72 bits per heavy atom. The topological polar surface area (TPSA) is 62.7 Å². The van der Waals surface area contributed by atoms with E-state index in [2.05, 4.69) is 9.88 Å². The zero-order valence-corrected chi connectivity index (χ0v) is 22.4. The number of aromatic nitrogens is 1. The number of piperidine rings is 1. The van der Waals surface area contributed by atoms with Crippen molar-refractivity contribution in [2.75, 3.05) is 32.5 Å². The molecule has 192 valence electrons. The van der Waals surface area contributed by atoms with Gasteiger partial charge in [-0.05, 0) is 75.2 Å². The highest BCUT2D eigenvalue weighted by atomic mass is 35.5. The average Bonchev–Trinajstić information content (AvgIpc) is 2.87. The molecule has 0 unspecified atom stereocenters. The van der Waals surface area contributed by atoms with E-state index in [-0.39, 0.29) is 17.9 Å². The lowest BCUT2D eigenvalue weighted by Crippen LogP contribution is -2.45. The molecule has 0 bridgehead atoms. The summed E-state index contributed by atoms with van der Waals surface area (Å²) >= 11 is 14.1. The summed E-state index contributed by atoms with van der Waals surface area (Å²) in [7, 11) is 1.55. The van der Waals surface area contributed by atoms with Crippen molar-refractivity contribution >= 4 is 51.8 Å². The standard InChI is InChI=1S/C27H29Cl2FN2O3S/c1-35-19-5-6-24-21(16-19)25(22(29)17-31-24)23(30)7-8-27(26(33)34)9-11-32(12-10-27)13-14-36-20-4-2-3-18(28)15-20/h2-6,15-17,23H,7-14H2,1H3,(H,33,34)/t23-/m1/s1. The fourth-order valence-corrected chi connectivity index (χ4v) is 6.28. The number of hydrogen-bond acceptors (Lipinski definition) is 5. The molecule has 0 radical (unpaired) electrons. The normalized spacial score (nSPS) is 16.7. The van der Waals surface area contributed by atoms with Crippen molar-refractivity contribution in [3.8, 4) is 5.75 Å². The van der Waals surface area contributed by atoms with E-state index in [0.717, 1.165) is 22.2 Å². The smallest absolute Gasteiger partial charge is 0.309 e. The Morgan fingerprint density at radius 1 is 1.25 bits per heavy atom. The SMILES string of the molecule is COc1ccc2ncc(Cl)c([C@H](F)CCC3(C(=O)O)CCN(CCSc4cccc(Cl)c4)CC3)c2c1. The number of halogens is 3. The third kappa shape index (κ3) is 6.25. The summed E-state index contributed by atoms with van der Waals surface area (Å²) in [5, 5.41) is 11.6. The van der Waals surface area contributed by atoms with Crippen LogP contribution in [0.3, 0.4) is 0 Å². The molecule has 0 spiro atoms. The van der Waals surface area contributed by atoms with Crippen LogP contribution in [-0.2, 0) is 4.79 Å². The number of carboxylic acids is 1. The van der Waals surface area contributed by atoms with Gasteiger partial charge in [-0.1, -0.05) is 29.3 Å². The van der Waals surface area contributed by atoms with Gasteiger partial charge in [-0.15, -0.1) is 11.8 Å². The third-order valence-corrected chi connectivity index (χ3v) is 8.51. The highest BCUT2D eigenvalue weighted by Crippen LogP contribution is 2.42. The first-order valence-electron chi connectivity index (χ1n) is 11.9. The Labute approximate surface area is 224 Å². The van der Waals surface area contributed by atoms with Crippen LogP contribution in [-0.4, -0.2) is 53.5 Å². The first kappa shape index (κ1) is 27.0. The van der Waals surface area contributed by atoms with Crippen LogP contribution in [0.25, 0.3) is 10.9 Å². The fourth-order valence-electron chi connectivity index (χ4n) is 4.79. The number of thioether (sulfide) groups is 1. The molecule has 0 amide bonds. The Morgan fingerprint density at radius 2 is 2.03 bits per heavy atom. The van der Waals surface area contributed by atoms with Gasteiger partial charge in [0.1, 0.15) is 11.9 Å². The summed E-state index contributed by atoms with van der Waals surface area (Å²) in [5.41, 5.74) is 0.0276. The van der Waals surface area contributed by atoms with Gasteiger partial charge in [0.05, 0.1) is 23.1 Å². The summed E-state index contributed by atoms with van der Waals surface area (Å²) in [6.45, 7) is 2.21. The summed E-state index contributed by atoms with van der Waals surface area (Å²) in [5.74, 6) is 0.627. The minimum atomic E-state index is -1.40. The van der Waals surface area contributed by atoms with E-state index in [1.165, 1.54) is 6.20 Å². The van der Waals surface area contributed by atoms with E-state index in [9.17, 15) is 9.90 Å². The van der Waals surface area contributed by atoms with Crippen molar-refractivity contribution in [2.45, 2.75) is 36.8 Å². The Hall–Kier alpha value is -2.06. The summed E-state index contributed by atoms with van der Waals surface area (Å²) in [6.07, 6.45) is 1.36. The number of aliphatic carboxylic acids is 1. The van der Waals surface area contributed by atoms with Crippen molar-refractivity contribution in [2.24, 2.45) is 5.41 Å². The number of carboxylic acid groups (broad SMARTS) is 1. The van der Waals surface area contributed by atoms with Crippen LogP contribution in [0, 0.1) is 5.41 Å². The zero-order chi connectivity index (χ0) is 25.7. The molecule has 1 saturated heterocycles. The number of pyridine rings is 1. The molecule has 2 heterocycles. The molecule has 1 fully saturated rings. The van der Waals surface area contributed by atoms with E-state index in [1.54, 1.807) is 37.1 Å². The minimum absolute atomic E-state index is 0.0764. The predicted octanol–water partition coefficient (Wildman–Crippen LogP) is 7.30. The van der Waals surface area contributed by atoms with Crippen LogP contribution in [0.1, 0.15) is 37.4 Å². The molecule has 2 aromatic carbocycles. The van der Waals surface area contributed by atoms with Crippen molar-refractivity contribution in [1.29, 1.82) is 0 Å². The highest BCUT2D eigenvalue weighted by molar-refractivity contribution is 7.99. The van der Waals surface area contributed by atoms with Gasteiger partial charge in [0.15, 0.2) is 0 Å². The molecule has 1 atom stereocenters. The van der Waals surface area contributed by atoms with Crippen molar-refractivity contribution in [3.63, 3.8) is 0 Å². The second-order valence-corrected chi connectivity index (χ2v) is 11.2. The fraction of sp³-hybridized carbons (Fsp3) is 0.407. The lowest BCUT2D eigenvalue weighted by atomic mass is 9.74. The number of carbonyl (C=O) groups is 1. The van der Waals surface area contributed by atoms with Crippen LogP contribution in [0.5, 0.6) is 5.75 Å². The molecule has 5 nitrogen and oxygen atoms in total.